The van der Waals surface area contributed by atoms with E-state index in [0.717, 1.165) is 10.9 Å². The summed E-state index contributed by atoms with van der Waals surface area (Å²) in [6.07, 6.45) is 3.38. The number of hydrogen-bond donors (Lipinski definition) is 1. The zero-order valence-corrected chi connectivity index (χ0v) is 9.35. The van der Waals surface area contributed by atoms with Crippen LogP contribution in [0.25, 0.3) is 22.2 Å². The first-order valence-electron chi connectivity index (χ1n) is 4.94. The molecular weight excluding hydrogens is 240 g/mol. The van der Waals surface area contributed by atoms with Crippen molar-refractivity contribution >= 4 is 22.6 Å². The maximum atomic E-state index is 9.47. The zero-order valence-electron chi connectivity index (χ0n) is 8.59. The van der Waals surface area contributed by atoms with Gasteiger partial charge in [0.05, 0.1) is 10.4 Å². The lowest BCUT2D eigenvalue weighted by molar-refractivity contribution is 0.451. The number of hydrogen-bond acceptors (Lipinski definition) is 4. The Morgan fingerprint density at radius 2 is 2.18 bits per heavy atom. The van der Waals surface area contributed by atoms with Crippen molar-refractivity contribution in [3.63, 3.8) is 0 Å². The maximum absolute atomic E-state index is 9.47. The molecule has 84 valence electrons. The number of aromatic hydroxyl groups is 1. The van der Waals surface area contributed by atoms with Crippen LogP contribution < -0.4 is 0 Å². The molecular formula is C12H7ClN2O2. The van der Waals surface area contributed by atoms with E-state index in [1.54, 1.807) is 18.5 Å². The van der Waals surface area contributed by atoms with Gasteiger partial charge in [-0.3, -0.25) is 4.98 Å². The third-order valence-electron chi connectivity index (χ3n) is 2.47. The second-order valence-electron chi connectivity index (χ2n) is 3.57. The highest BCUT2D eigenvalue weighted by molar-refractivity contribution is 6.32. The molecule has 0 spiro atoms. The Labute approximate surface area is 101 Å². The Balaban J connectivity index is 2.29. The van der Waals surface area contributed by atoms with Crippen molar-refractivity contribution < 1.29 is 9.63 Å². The fourth-order valence-corrected chi connectivity index (χ4v) is 1.82. The van der Waals surface area contributed by atoms with Crippen LogP contribution in [0.3, 0.4) is 0 Å². The second-order valence-corrected chi connectivity index (χ2v) is 3.98. The number of aromatic nitrogens is 2. The third kappa shape index (κ3) is 1.62. The van der Waals surface area contributed by atoms with E-state index in [1.165, 1.54) is 6.07 Å². The van der Waals surface area contributed by atoms with E-state index in [-0.39, 0.29) is 10.8 Å². The van der Waals surface area contributed by atoms with Crippen molar-refractivity contribution in [3.8, 4) is 17.0 Å². The van der Waals surface area contributed by atoms with E-state index in [1.807, 2.05) is 12.1 Å². The molecule has 5 heteroatoms. The maximum Gasteiger partial charge on any atom is 0.171 e. The van der Waals surface area contributed by atoms with Crippen molar-refractivity contribution in [1.82, 2.24) is 10.1 Å². The van der Waals surface area contributed by atoms with Gasteiger partial charge < -0.3 is 9.63 Å². The Kier molecular flexibility index (Phi) is 2.23. The average Bonchev–Trinajstić information content (AvgIpc) is 2.74. The topological polar surface area (TPSA) is 59.2 Å². The van der Waals surface area contributed by atoms with Crippen LogP contribution in [0.5, 0.6) is 5.75 Å². The van der Waals surface area contributed by atoms with Crippen LogP contribution in [0.15, 0.2) is 41.2 Å². The van der Waals surface area contributed by atoms with Crippen molar-refractivity contribution in [2.24, 2.45) is 0 Å². The molecule has 0 amide bonds. The lowest BCUT2D eigenvalue weighted by atomic mass is 10.1. The quantitative estimate of drug-likeness (QED) is 0.716. The molecule has 0 aliphatic carbocycles. The number of phenolic OH excluding ortho intramolecular Hbond substituents is 1. The van der Waals surface area contributed by atoms with Crippen LogP contribution in [0.1, 0.15) is 0 Å². The number of phenols is 1. The first-order chi connectivity index (χ1) is 8.25. The van der Waals surface area contributed by atoms with Gasteiger partial charge in [0.2, 0.25) is 0 Å². The number of fused-ring (bicyclic) bond motifs is 1. The largest absolute Gasteiger partial charge is 0.506 e. The Bertz CT molecular complexity index is 680. The number of benzene rings is 1. The zero-order chi connectivity index (χ0) is 11.8. The van der Waals surface area contributed by atoms with Crippen LogP contribution in [-0.2, 0) is 0 Å². The molecule has 1 N–H and O–H groups in total. The molecule has 0 atom stereocenters. The predicted molar refractivity (Wildman–Crippen MR) is 63.9 cm³/mol. The molecule has 0 saturated carbocycles. The predicted octanol–water partition coefficient (Wildman–Crippen LogP) is 3.25. The van der Waals surface area contributed by atoms with Gasteiger partial charge in [0.25, 0.3) is 0 Å². The molecule has 0 bridgehead atoms. The molecule has 2 heterocycles. The summed E-state index contributed by atoms with van der Waals surface area (Å²) in [5, 5.41) is 14.4. The number of halogens is 1. The Morgan fingerprint density at radius 1 is 1.29 bits per heavy atom. The van der Waals surface area contributed by atoms with Crippen LogP contribution in [-0.4, -0.2) is 15.2 Å². The fourth-order valence-electron chi connectivity index (χ4n) is 1.66. The van der Waals surface area contributed by atoms with Crippen LogP contribution in [0.4, 0.5) is 0 Å². The van der Waals surface area contributed by atoms with E-state index in [4.69, 9.17) is 16.1 Å². The Hall–Kier alpha value is -2.07. The van der Waals surface area contributed by atoms with E-state index in [9.17, 15) is 5.11 Å². The average molecular weight is 247 g/mol. The van der Waals surface area contributed by atoms with Crippen molar-refractivity contribution in [1.29, 1.82) is 0 Å². The summed E-state index contributed by atoms with van der Waals surface area (Å²) < 4.78 is 5.14. The van der Waals surface area contributed by atoms with Gasteiger partial charge in [-0.15, -0.1) is 0 Å². The second kappa shape index (κ2) is 3.75. The number of rotatable bonds is 1. The molecule has 0 unspecified atom stereocenters. The van der Waals surface area contributed by atoms with Gasteiger partial charge in [-0.25, -0.2) is 0 Å². The summed E-state index contributed by atoms with van der Waals surface area (Å²) in [6, 6.07) is 6.78. The Morgan fingerprint density at radius 3 is 2.94 bits per heavy atom. The van der Waals surface area contributed by atoms with Crippen molar-refractivity contribution in [2.75, 3.05) is 0 Å². The highest BCUT2D eigenvalue weighted by Gasteiger charge is 2.13. The van der Waals surface area contributed by atoms with Gasteiger partial charge in [0.1, 0.15) is 11.4 Å². The van der Waals surface area contributed by atoms with E-state index in [0.29, 0.717) is 11.3 Å². The lowest BCUT2D eigenvalue weighted by Crippen LogP contribution is -1.79. The minimum Gasteiger partial charge on any atom is -0.506 e. The summed E-state index contributed by atoms with van der Waals surface area (Å²) in [4.78, 5) is 4.02. The molecule has 3 rings (SSSR count). The summed E-state index contributed by atoms with van der Waals surface area (Å²) in [5.41, 5.74) is 1.99. The normalized spacial score (nSPS) is 10.9. The summed E-state index contributed by atoms with van der Waals surface area (Å²) >= 11 is 5.87. The van der Waals surface area contributed by atoms with Crippen LogP contribution >= 0.6 is 11.6 Å². The highest BCUT2D eigenvalue weighted by atomic mass is 35.5. The standard InChI is InChI=1S/C12H7ClN2O2/c13-9-4-8-11(5-10(9)16)17-15-12(8)7-2-1-3-14-6-7/h1-6,16H. The van der Waals surface area contributed by atoms with E-state index in [2.05, 4.69) is 10.1 Å². The minimum absolute atomic E-state index is 0.0203. The molecule has 2 aromatic heterocycles. The smallest absolute Gasteiger partial charge is 0.171 e. The van der Waals surface area contributed by atoms with Crippen LogP contribution in [0, 0.1) is 0 Å². The van der Waals surface area contributed by atoms with Gasteiger partial charge in [-0.1, -0.05) is 16.8 Å². The summed E-state index contributed by atoms with van der Waals surface area (Å²) in [5.74, 6) is -0.0203. The lowest BCUT2D eigenvalue weighted by Gasteiger charge is -1.97. The molecule has 0 radical (unpaired) electrons. The molecule has 4 nitrogen and oxygen atoms in total. The number of pyridine rings is 1. The molecule has 0 aliphatic heterocycles. The molecule has 3 aromatic rings. The fraction of sp³-hybridized carbons (Fsp3) is 0. The third-order valence-corrected chi connectivity index (χ3v) is 2.78. The van der Waals surface area contributed by atoms with Gasteiger partial charge in [0.15, 0.2) is 5.58 Å². The van der Waals surface area contributed by atoms with Gasteiger partial charge >= 0.3 is 0 Å². The van der Waals surface area contributed by atoms with E-state index >= 15 is 0 Å². The minimum atomic E-state index is -0.0203. The molecule has 1 aromatic carbocycles. The van der Waals surface area contributed by atoms with Gasteiger partial charge in [-0.05, 0) is 18.2 Å². The molecule has 0 fully saturated rings. The van der Waals surface area contributed by atoms with Crippen molar-refractivity contribution in [3.05, 3.63) is 41.7 Å². The highest BCUT2D eigenvalue weighted by Crippen LogP contribution is 2.34. The first-order valence-corrected chi connectivity index (χ1v) is 5.32. The van der Waals surface area contributed by atoms with Gasteiger partial charge in [0, 0.05) is 24.0 Å². The monoisotopic (exact) mass is 246 g/mol. The summed E-state index contributed by atoms with van der Waals surface area (Å²) in [6.45, 7) is 0. The SMILES string of the molecule is Oc1cc2onc(-c3cccnc3)c2cc1Cl. The number of nitrogens with zero attached hydrogens (tertiary/aromatic N) is 2. The molecule has 17 heavy (non-hydrogen) atoms. The molecule has 0 saturated heterocycles. The van der Waals surface area contributed by atoms with E-state index < -0.39 is 0 Å². The van der Waals surface area contributed by atoms with Gasteiger partial charge in [-0.2, -0.15) is 0 Å². The van der Waals surface area contributed by atoms with Crippen molar-refractivity contribution in [2.45, 2.75) is 0 Å². The molecule has 0 aliphatic rings. The first kappa shape index (κ1) is 10.1. The van der Waals surface area contributed by atoms with Crippen LogP contribution in [0.2, 0.25) is 5.02 Å². The summed E-state index contributed by atoms with van der Waals surface area (Å²) in [7, 11) is 0.